The van der Waals surface area contributed by atoms with E-state index in [1.807, 2.05) is 0 Å². The topological polar surface area (TPSA) is 67.8 Å². The maximum Gasteiger partial charge on any atom is 0.259 e. The van der Waals surface area contributed by atoms with Crippen molar-refractivity contribution in [3.63, 3.8) is 0 Å². The lowest BCUT2D eigenvalue weighted by molar-refractivity contribution is 0.102. The van der Waals surface area contributed by atoms with Crippen molar-refractivity contribution in [2.45, 2.75) is 20.3 Å². The van der Waals surface area contributed by atoms with Gasteiger partial charge in [-0.2, -0.15) is 0 Å². The van der Waals surface area contributed by atoms with Gasteiger partial charge in [0.2, 0.25) is 0 Å². The maximum absolute atomic E-state index is 14.0. The Morgan fingerprint density at radius 1 is 1.03 bits per heavy atom. The molecule has 30 heavy (non-hydrogen) atoms. The third-order valence-corrected chi connectivity index (χ3v) is 5.44. The van der Waals surface area contributed by atoms with Crippen molar-refractivity contribution in [1.29, 1.82) is 0 Å². The minimum atomic E-state index is -0.921. The number of nitrogens with one attached hydrogen (secondary N) is 1. The molecule has 0 saturated heterocycles. The van der Waals surface area contributed by atoms with Gasteiger partial charge in [0.15, 0.2) is 16.8 Å². The second kappa shape index (κ2) is 7.83. The molecule has 0 atom stereocenters. The SMILES string of the molecule is Cc1nc2cc(F)cc(C(=O)Nc3ncc(Cc4ccc(F)c(F)c4)s3)c2nc1C. The molecular formula is C21H15F3N4OS. The Bertz CT molecular complexity index is 1290. The van der Waals surface area contributed by atoms with Crippen molar-refractivity contribution in [2.75, 3.05) is 5.32 Å². The lowest BCUT2D eigenvalue weighted by Gasteiger charge is -2.08. The van der Waals surface area contributed by atoms with E-state index in [-0.39, 0.29) is 5.56 Å². The fourth-order valence-corrected chi connectivity index (χ4v) is 3.77. The van der Waals surface area contributed by atoms with Crippen molar-refractivity contribution < 1.29 is 18.0 Å². The van der Waals surface area contributed by atoms with Gasteiger partial charge in [0.05, 0.1) is 22.5 Å². The first kappa shape index (κ1) is 20.0. The minimum absolute atomic E-state index is 0.0537. The molecule has 0 saturated carbocycles. The zero-order chi connectivity index (χ0) is 21.4. The summed E-state index contributed by atoms with van der Waals surface area (Å²) < 4.78 is 40.5. The van der Waals surface area contributed by atoms with Gasteiger partial charge in [-0.15, -0.1) is 11.3 Å². The lowest BCUT2D eigenvalue weighted by Crippen LogP contribution is -2.13. The first-order valence-corrected chi connectivity index (χ1v) is 9.76. The van der Waals surface area contributed by atoms with Gasteiger partial charge in [0, 0.05) is 23.6 Å². The van der Waals surface area contributed by atoms with E-state index in [4.69, 9.17) is 0 Å². The number of fused-ring (bicyclic) bond motifs is 1. The maximum atomic E-state index is 14.0. The Labute approximate surface area is 173 Å². The molecule has 4 rings (SSSR count). The number of rotatable bonds is 4. The first-order valence-electron chi connectivity index (χ1n) is 8.94. The van der Waals surface area contributed by atoms with Crippen LogP contribution in [0.15, 0.2) is 36.5 Å². The smallest absolute Gasteiger partial charge is 0.259 e. The summed E-state index contributed by atoms with van der Waals surface area (Å²) in [6.45, 7) is 3.52. The largest absolute Gasteiger partial charge is 0.298 e. The molecule has 1 amide bonds. The number of benzene rings is 2. The van der Waals surface area contributed by atoms with Gasteiger partial charge in [-0.25, -0.2) is 28.1 Å². The molecule has 5 nitrogen and oxygen atoms in total. The van der Waals surface area contributed by atoms with E-state index in [1.165, 1.54) is 23.5 Å². The van der Waals surface area contributed by atoms with Gasteiger partial charge in [0.25, 0.3) is 5.91 Å². The Morgan fingerprint density at radius 3 is 2.57 bits per heavy atom. The molecular weight excluding hydrogens is 413 g/mol. The van der Waals surface area contributed by atoms with Gasteiger partial charge in [-0.05, 0) is 37.6 Å². The summed E-state index contributed by atoms with van der Waals surface area (Å²) in [6, 6.07) is 6.01. The van der Waals surface area contributed by atoms with Crippen molar-refractivity contribution in [2.24, 2.45) is 0 Å². The van der Waals surface area contributed by atoms with Crippen LogP contribution in [0.2, 0.25) is 0 Å². The van der Waals surface area contributed by atoms with E-state index >= 15 is 0 Å². The Kier molecular flexibility index (Phi) is 5.21. The zero-order valence-electron chi connectivity index (χ0n) is 16.0. The van der Waals surface area contributed by atoms with Crippen molar-refractivity contribution in [3.05, 3.63) is 81.4 Å². The summed E-state index contributed by atoms with van der Waals surface area (Å²) in [6.07, 6.45) is 1.87. The third kappa shape index (κ3) is 4.02. The van der Waals surface area contributed by atoms with Crippen molar-refractivity contribution >= 4 is 33.4 Å². The number of amides is 1. The number of aromatic nitrogens is 3. The molecule has 1 N–H and O–H groups in total. The fourth-order valence-electron chi connectivity index (χ4n) is 2.93. The molecule has 0 aliphatic carbocycles. The summed E-state index contributed by atoms with van der Waals surface area (Å²) >= 11 is 1.19. The van der Waals surface area contributed by atoms with Crippen molar-refractivity contribution in [3.8, 4) is 0 Å². The van der Waals surface area contributed by atoms with E-state index in [0.29, 0.717) is 39.5 Å². The number of carbonyl (C=O) groups excluding carboxylic acids is 1. The van der Waals surface area contributed by atoms with Crippen LogP contribution in [0.5, 0.6) is 0 Å². The highest BCUT2D eigenvalue weighted by Crippen LogP contribution is 2.24. The number of hydrogen-bond donors (Lipinski definition) is 1. The summed E-state index contributed by atoms with van der Waals surface area (Å²) in [5.74, 6) is -2.99. The quantitative estimate of drug-likeness (QED) is 0.499. The van der Waals surface area contributed by atoms with Crippen LogP contribution in [0, 0.1) is 31.3 Å². The zero-order valence-corrected chi connectivity index (χ0v) is 16.8. The van der Waals surface area contributed by atoms with Gasteiger partial charge < -0.3 is 0 Å². The Morgan fingerprint density at radius 2 is 1.80 bits per heavy atom. The Balaban J connectivity index is 1.57. The van der Waals surface area contributed by atoms with Gasteiger partial charge >= 0.3 is 0 Å². The van der Waals surface area contributed by atoms with Gasteiger partial charge in [-0.3, -0.25) is 10.1 Å². The number of thiazole rings is 1. The summed E-state index contributed by atoms with van der Waals surface area (Å²) in [7, 11) is 0. The second-order valence-corrected chi connectivity index (χ2v) is 7.84. The Hall–Kier alpha value is -3.33. The van der Waals surface area contributed by atoms with Crippen LogP contribution in [0.1, 0.15) is 32.2 Å². The van der Waals surface area contributed by atoms with E-state index in [1.54, 1.807) is 20.0 Å². The number of nitrogens with zero attached hydrogens (tertiary/aromatic N) is 3. The molecule has 0 unspecified atom stereocenters. The van der Waals surface area contributed by atoms with E-state index < -0.39 is 23.4 Å². The molecule has 2 aromatic carbocycles. The average Bonchev–Trinajstić information content (AvgIpc) is 3.12. The van der Waals surface area contributed by atoms with Gasteiger partial charge in [-0.1, -0.05) is 6.07 Å². The molecule has 152 valence electrons. The molecule has 4 aromatic rings. The summed E-state index contributed by atoms with van der Waals surface area (Å²) in [5, 5.41) is 2.94. The minimum Gasteiger partial charge on any atom is -0.298 e. The van der Waals surface area contributed by atoms with Crippen LogP contribution in [-0.4, -0.2) is 20.9 Å². The van der Waals surface area contributed by atoms with Crippen LogP contribution < -0.4 is 5.32 Å². The molecule has 9 heteroatoms. The monoisotopic (exact) mass is 428 g/mol. The second-order valence-electron chi connectivity index (χ2n) is 6.73. The number of halogens is 3. The number of carbonyl (C=O) groups is 1. The van der Waals surface area contributed by atoms with E-state index in [0.717, 1.165) is 23.1 Å². The van der Waals surface area contributed by atoms with Crippen LogP contribution in [-0.2, 0) is 6.42 Å². The highest BCUT2D eigenvalue weighted by Gasteiger charge is 2.17. The number of aryl methyl sites for hydroxylation is 2. The normalized spacial score (nSPS) is 11.1. The molecule has 0 spiro atoms. The van der Waals surface area contributed by atoms with E-state index in [9.17, 15) is 18.0 Å². The molecule has 0 fully saturated rings. The molecule has 0 bridgehead atoms. The van der Waals surface area contributed by atoms with Crippen LogP contribution in [0.4, 0.5) is 18.3 Å². The predicted molar refractivity (Wildman–Crippen MR) is 108 cm³/mol. The molecule has 0 aliphatic rings. The number of anilines is 1. The average molecular weight is 428 g/mol. The lowest BCUT2D eigenvalue weighted by atomic mass is 10.1. The molecule has 0 radical (unpaired) electrons. The predicted octanol–water partition coefficient (Wildman–Crippen LogP) is 4.96. The van der Waals surface area contributed by atoms with Crippen LogP contribution in [0.25, 0.3) is 11.0 Å². The highest BCUT2D eigenvalue weighted by atomic mass is 32.1. The standard InChI is InChI=1S/C21H15F3N4OS/c1-10-11(2)27-19-15(7-13(22)8-18(19)26-10)20(29)28-21-25-9-14(30-21)5-12-3-4-16(23)17(24)6-12/h3-4,6-9H,5H2,1-2H3,(H,25,28,29). The molecule has 0 aliphatic heterocycles. The number of hydrogen-bond acceptors (Lipinski definition) is 5. The molecule has 2 heterocycles. The fraction of sp³-hybridized carbons (Fsp3) is 0.143. The first-order chi connectivity index (χ1) is 14.3. The summed E-state index contributed by atoms with van der Waals surface area (Å²) in [5.41, 5.74) is 2.52. The van der Waals surface area contributed by atoms with Gasteiger partial charge in [0.1, 0.15) is 11.3 Å². The van der Waals surface area contributed by atoms with Crippen LogP contribution in [0.3, 0.4) is 0 Å². The van der Waals surface area contributed by atoms with Crippen molar-refractivity contribution in [1.82, 2.24) is 15.0 Å². The highest BCUT2D eigenvalue weighted by molar-refractivity contribution is 7.15. The third-order valence-electron chi connectivity index (χ3n) is 4.53. The molecule has 2 aromatic heterocycles. The summed E-state index contributed by atoms with van der Waals surface area (Å²) in [4.78, 5) is 26.3. The van der Waals surface area contributed by atoms with E-state index in [2.05, 4.69) is 20.3 Å². The van der Waals surface area contributed by atoms with Crippen LogP contribution >= 0.6 is 11.3 Å².